The van der Waals surface area contributed by atoms with E-state index in [1.807, 2.05) is 0 Å². The highest BCUT2D eigenvalue weighted by Gasteiger charge is 2.35. The van der Waals surface area contributed by atoms with Gasteiger partial charge in [0.15, 0.2) is 11.5 Å². The van der Waals surface area contributed by atoms with Gasteiger partial charge in [0.25, 0.3) is 11.8 Å². The number of amides is 2. The molecule has 0 radical (unpaired) electrons. The number of rotatable bonds is 3. The van der Waals surface area contributed by atoms with E-state index in [-0.39, 0.29) is 23.1 Å². The molecule has 2 aromatic rings. The predicted octanol–water partition coefficient (Wildman–Crippen LogP) is 2.68. The molecule has 1 fully saturated rings. The first kappa shape index (κ1) is 17.2. The molecule has 9 heteroatoms. The zero-order valence-corrected chi connectivity index (χ0v) is 14.7. The lowest BCUT2D eigenvalue weighted by atomic mass is 10.1. The number of anilines is 1. The van der Waals surface area contributed by atoms with Crippen molar-refractivity contribution in [2.45, 2.75) is 0 Å². The molecule has 0 saturated carbocycles. The Labute approximate surface area is 157 Å². The van der Waals surface area contributed by atoms with Crippen LogP contribution in [0.15, 0.2) is 35.9 Å². The number of methoxy groups -OCH3 is 1. The van der Waals surface area contributed by atoms with Crippen LogP contribution in [0.2, 0.25) is 5.02 Å². The standard InChI is InChI=1S/C18H12ClFN2O5/c1-25-14-5-9(6-15-16(14)27-8-26-15)4-11-17(23)21-22(18(11)24)10-2-3-13(20)12(19)7-10/h2-7H,8H2,1H3,(H,21,23)/b11-4+. The summed E-state index contributed by atoms with van der Waals surface area (Å²) in [5.41, 5.74) is 3.09. The van der Waals surface area contributed by atoms with Crippen LogP contribution in [-0.2, 0) is 9.59 Å². The number of hydrogen-bond acceptors (Lipinski definition) is 5. The zero-order chi connectivity index (χ0) is 19.1. The van der Waals surface area contributed by atoms with Gasteiger partial charge < -0.3 is 14.2 Å². The molecular weight excluding hydrogens is 379 g/mol. The third kappa shape index (κ3) is 2.93. The second-order valence-electron chi connectivity index (χ2n) is 5.69. The van der Waals surface area contributed by atoms with Gasteiger partial charge >= 0.3 is 0 Å². The van der Waals surface area contributed by atoms with Crippen LogP contribution in [0.3, 0.4) is 0 Å². The van der Waals surface area contributed by atoms with Crippen molar-refractivity contribution in [2.75, 3.05) is 18.9 Å². The molecule has 2 aliphatic rings. The summed E-state index contributed by atoms with van der Waals surface area (Å²) >= 11 is 5.75. The Bertz CT molecular complexity index is 1010. The minimum atomic E-state index is -0.624. The maximum Gasteiger partial charge on any atom is 0.282 e. The quantitative estimate of drug-likeness (QED) is 0.644. The summed E-state index contributed by atoms with van der Waals surface area (Å²) in [5.74, 6) is -0.485. The number of fused-ring (bicyclic) bond motifs is 1. The number of carbonyl (C=O) groups excluding carboxylic acids is 2. The van der Waals surface area contributed by atoms with E-state index in [0.717, 1.165) is 11.1 Å². The predicted molar refractivity (Wildman–Crippen MR) is 94.1 cm³/mol. The van der Waals surface area contributed by atoms with Gasteiger partial charge in [-0.2, -0.15) is 0 Å². The minimum absolute atomic E-state index is 0.0598. The van der Waals surface area contributed by atoms with Gasteiger partial charge in [-0.05, 0) is 42.0 Å². The summed E-state index contributed by atoms with van der Waals surface area (Å²) in [6.07, 6.45) is 1.41. The van der Waals surface area contributed by atoms with Crippen molar-refractivity contribution in [1.29, 1.82) is 0 Å². The van der Waals surface area contributed by atoms with E-state index in [1.165, 1.54) is 25.3 Å². The number of halogens is 2. The van der Waals surface area contributed by atoms with Crippen molar-refractivity contribution in [3.05, 3.63) is 52.3 Å². The third-order valence-corrected chi connectivity index (χ3v) is 4.33. The Hall–Kier alpha value is -3.26. The second-order valence-corrected chi connectivity index (χ2v) is 6.10. The van der Waals surface area contributed by atoms with E-state index in [0.29, 0.717) is 22.8 Å². The lowest BCUT2D eigenvalue weighted by Crippen LogP contribution is -2.35. The van der Waals surface area contributed by atoms with Crippen LogP contribution in [0.1, 0.15) is 5.56 Å². The molecule has 138 valence electrons. The Morgan fingerprint density at radius 1 is 1.26 bits per heavy atom. The van der Waals surface area contributed by atoms with Crippen LogP contribution in [0.25, 0.3) is 6.08 Å². The van der Waals surface area contributed by atoms with Gasteiger partial charge in [0.05, 0.1) is 17.8 Å². The molecule has 0 aliphatic carbocycles. The van der Waals surface area contributed by atoms with Gasteiger partial charge in [-0.15, -0.1) is 0 Å². The highest BCUT2D eigenvalue weighted by molar-refractivity contribution is 6.33. The van der Waals surface area contributed by atoms with Gasteiger partial charge in [-0.1, -0.05) is 11.6 Å². The van der Waals surface area contributed by atoms with E-state index in [9.17, 15) is 14.0 Å². The molecule has 0 bridgehead atoms. The molecule has 2 aromatic carbocycles. The zero-order valence-electron chi connectivity index (χ0n) is 13.9. The maximum atomic E-state index is 13.3. The third-order valence-electron chi connectivity index (χ3n) is 4.04. The highest BCUT2D eigenvalue weighted by atomic mass is 35.5. The normalized spacial score (nSPS) is 16.9. The molecule has 0 spiro atoms. The molecule has 1 N–H and O–H groups in total. The van der Waals surface area contributed by atoms with Crippen LogP contribution in [-0.4, -0.2) is 25.7 Å². The largest absolute Gasteiger partial charge is 0.493 e. The number of nitrogens with one attached hydrogen (secondary N) is 1. The molecule has 2 amide bonds. The van der Waals surface area contributed by atoms with Gasteiger partial charge in [0.1, 0.15) is 11.4 Å². The van der Waals surface area contributed by atoms with Crippen molar-refractivity contribution >= 4 is 35.2 Å². The van der Waals surface area contributed by atoms with Gasteiger partial charge in [-0.3, -0.25) is 15.0 Å². The first-order valence-corrected chi connectivity index (χ1v) is 8.15. The van der Waals surface area contributed by atoms with E-state index in [1.54, 1.807) is 12.1 Å². The Kier molecular flexibility index (Phi) is 4.12. The SMILES string of the molecule is COc1cc(/C=C2\C(=O)NN(c3ccc(F)c(Cl)c3)C2=O)cc2c1OCO2. The summed E-state index contributed by atoms with van der Waals surface area (Å²) < 4.78 is 29.2. The molecule has 27 heavy (non-hydrogen) atoms. The molecular formula is C18H12ClFN2O5. The number of ether oxygens (including phenoxy) is 3. The first-order chi connectivity index (χ1) is 13.0. The van der Waals surface area contributed by atoms with E-state index in [2.05, 4.69) is 5.43 Å². The fourth-order valence-electron chi connectivity index (χ4n) is 2.76. The average molecular weight is 391 g/mol. The Morgan fingerprint density at radius 3 is 2.81 bits per heavy atom. The van der Waals surface area contributed by atoms with Gasteiger partial charge in [0, 0.05) is 0 Å². The van der Waals surface area contributed by atoms with Crippen molar-refractivity contribution in [3.63, 3.8) is 0 Å². The van der Waals surface area contributed by atoms with Gasteiger partial charge in [0.2, 0.25) is 12.5 Å². The summed E-state index contributed by atoms with van der Waals surface area (Å²) in [6, 6.07) is 6.96. The Morgan fingerprint density at radius 2 is 2.07 bits per heavy atom. The number of carbonyl (C=O) groups is 2. The number of hydrazine groups is 1. The van der Waals surface area contributed by atoms with Crippen molar-refractivity contribution in [3.8, 4) is 17.2 Å². The number of benzene rings is 2. The van der Waals surface area contributed by atoms with Crippen LogP contribution in [0, 0.1) is 5.82 Å². The minimum Gasteiger partial charge on any atom is -0.493 e. The molecule has 2 aliphatic heterocycles. The first-order valence-electron chi connectivity index (χ1n) is 7.78. The molecule has 0 aromatic heterocycles. The van der Waals surface area contributed by atoms with Crippen LogP contribution in [0.5, 0.6) is 17.2 Å². The Balaban J connectivity index is 1.69. The van der Waals surface area contributed by atoms with Crippen molar-refractivity contribution < 1.29 is 28.2 Å². The number of hydrogen-bond donors (Lipinski definition) is 1. The second kappa shape index (κ2) is 6.48. The highest BCUT2D eigenvalue weighted by Crippen LogP contribution is 2.42. The smallest absolute Gasteiger partial charge is 0.282 e. The monoisotopic (exact) mass is 390 g/mol. The molecule has 7 nitrogen and oxygen atoms in total. The average Bonchev–Trinajstić information content (AvgIpc) is 3.23. The molecule has 0 atom stereocenters. The van der Waals surface area contributed by atoms with Crippen LogP contribution >= 0.6 is 11.6 Å². The van der Waals surface area contributed by atoms with Crippen molar-refractivity contribution in [2.24, 2.45) is 0 Å². The fraction of sp³-hybridized carbons (Fsp3) is 0.111. The summed E-state index contributed by atoms with van der Waals surface area (Å²) in [4.78, 5) is 24.9. The number of nitrogens with zero attached hydrogens (tertiary/aromatic N) is 1. The van der Waals surface area contributed by atoms with E-state index in [4.69, 9.17) is 25.8 Å². The maximum absolute atomic E-state index is 13.3. The lowest BCUT2D eigenvalue weighted by Gasteiger charge is -2.14. The summed E-state index contributed by atoms with van der Waals surface area (Å²) in [7, 11) is 1.47. The van der Waals surface area contributed by atoms with Crippen LogP contribution < -0.4 is 24.6 Å². The summed E-state index contributed by atoms with van der Waals surface area (Å²) in [5, 5.41) is 0.844. The van der Waals surface area contributed by atoms with Crippen LogP contribution in [0.4, 0.5) is 10.1 Å². The van der Waals surface area contributed by atoms with E-state index >= 15 is 0 Å². The van der Waals surface area contributed by atoms with E-state index < -0.39 is 17.6 Å². The molecule has 1 saturated heterocycles. The topological polar surface area (TPSA) is 77.1 Å². The molecule has 2 heterocycles. The van der Waals surface area contributed by atoms with Crippen molar-refractivity contribution in [1.82, 2.24) is 5.43 Å². The summed E-state index contributed by atoms with van der Waals surface area (Å²) in [6.45, 7) is 0.0598. The lowest BCUT2D eigenvalue weighted by molar-refractivity contribution is -0.117. The molecule has 4 rings (SSSR count). The van der Waals surface area contributed by atoms with Gasteiger partial charge in [-0.25, -0.2) is 9.40 Å². The fourth-order valence-corrected chi connectivity index (χ4v) is 2.94. The molecule has 0 unspecified atom stereocenters.